The maximum Gasteiger partial charge on any atom is 0.230 e. The van der Waals surface area contributed by atoms with Crippen LogP contribution < -0.4 is 10.6 Å². The average molecular weight is 374 g/mol. The minimum absolute atomic E-state index is 0.0192. The SMILES string of the molecule is CC(NC(=O)CSc1nnc(NCc2ccco2)s1)c1ccccc1. The van der Waals surface area contributed by atoms with E-state index in [0.29, 0.717) is 17.4 Å². The van der Waals surface area contributed by atoms with E-state index in [4.69, 9.17) is 4.42 Å². The molecule has 0 aliphatic rings. The molecule has 0 aliphatic carbocycles. The van der Waals surface area contributed by atoms with E-state index < -0.39 is 0 Å². The first kappa shape index (κ1) is 17.5. The second kappa shape index (κ2) is 8.68. The van der Waals surface area contributed by atoms with Gasteiger partial charge in [0.2, 0.25) is 11.0 Å². The minimum atomic E-state index is -0.0263. The van der Waals surface area contributed by atoms with Crippen LogP contribution in [0.15, 0.2) is 57.5 Å². The van der Waals surface area contributed by atoms with Crippen molar-refractivity contribution in [1.29, 1.82) is 0 Å². The number of amides is 1. The van der Waals surface area contributed by atoms with Gasteiger partial charge in [0.15, 0.2) is 4.34 Å². The molecule has 8 heteroatoms. The Hall–Kier alpha value is -2.32. The summed E-state index contributed by atoms with van der Waals surface area (Å²) < 4.78 is 6.00. The van der Waals surface area contributed by atoms with Gasteiger partial charge in [0, 0.05) is 0 Å². The van der Waals surface area contributed by atoms with Crippen LogP contribution in [-0.2, 0) is 11.3 Å². The number of hydrogen-bond donors (Lipinski definition) is 2. The molecule has 1 amide bonds. The summed E-state index contributed by atoms with van der Waals surface area (Å²) in [6.07, 6.45) is 1.63. The normalized spacial score (nSPS) is 11.9. The molecule has 2 aromatic heterocycles. The third-order valence-electron chi connectivity index (χ3n) is 3.40. The van der Waals surface area contributed by atoms with E-state index in [0.717, 1.165) is 15.7 Å². The molecule has 1 aromatic carbocycles. The molecule has 0 saturated carbocycles. The largest absolute Gasteiger partial charge is 0.467 e. The Kier molecular flexibility index (Phi) is 6.08. The lowest BCUT2D eigenvalue weighted by atomic mass is 10.1. The quantitative estimate of drug-likeness (QED) is 0.585. The summed E-state index contributed by atoms with van der Waals surface area (Å²) in [5.74, 6) is 1.12. The number of anilines is 1. The zero-order valence-electron chi connectivity index (χ0n) is 13.6. The first-order valence-corrected chi connectivity index (χ1v) is 9.58. The van der Waals surface area contributed by atoms with Crippen LogP contribution in [0, 0.1) is 0 Å². The highest BCUT2D eigenvalue weighted by molar-refractivity contribution is 8.01. The van der Waals surface area contributed by atoms with Gasteiger partial charge in [-0.2, -0.15) is 0 Å². The lowest BCUT2D eigenvalue weighted by Crippen LogP contribution is -2.28. The number of hydrogen-bond acceptors (Lipinski definition) is 7. The second-order valence-corrected chi connectivity index (χ2v) is 7.49. The van der Waals surface area contributed by atoms with E-state index in [1.54, 1.807) is 6.26 Å². The Bertz CT molecular complexity index is 790. The van der Waals surface area contributed by atoms with Gasteiger partial charge in [-0.05, 0) is 24.6 Å². The summed E-state index contributed by atoms with van der Waals surface area (Å²) in [6.45, 7) is 2.53. The van der Waals surface area contributed by atoms with Gasteiger partial charge in [-0.3, -0.25) is 4.79 Å². The predicted molar refractivity (Wildman–Crippen MR) is 99.7 cm³/mol. The first-order chi connectivity index (χ1) is 12.2. The van der Waals surface area contributed by atoms with Crippen molar-refractivity contribution >= 4 is 34.1 Å². The number of nitrogens with one attached hydrogen (secondary N) is 2. The van der Waals surface area contributed by atoms with Gasteiger partial charge in [0.25, 0.3) is 0 Å². The van der Waals surface area contributed by atoms with Crippen molar-refractivity contribution in [2.45, 2.75) is 23.8 Å². The van der Waals surface area contributed by atoms with Crippen LogP contribution in [0.1, 0.15) is 24.3 Å². The Morgan fingerprint density at radius 3 is 2.84 bits per heavy atom. The smallest absolute Gasteiger partial charge is 0.230 e. The fraction of sp³-hybridized carbons (Fsp3) is 0.235. The molecule has 0 spiro atoms. The zero-order chi connectivity index (χ0) is 17.5. The molecule has 3 rings (SSSR count). The summed E-state index contributed by atoms with van der Waals surface area (Å²) in [6, 6.07) is 13.6. The Labute approximate surface area is 154 Å². The molecule has 0 saturated heterocycles. The number of furan rings is 1. The highest BCUT2D eigenvalue weighted by Gasteiger charge is 2.11. The topological polar surface area (TPSA) is 80.0 Å². The van der Waals surface area contributed by atoms with Crippen molar-refractivity contribution in [2.24, 2.45) is 0 Å². The highest BCUT2D eigenvalue weighted by atomic mass is 32.2. The van der Waals surface area contributed by atoms with E-state index in [1.165, 1.54) is 23.1 Å². The number of thioether (sulfide) groups is 1. The molecule has 1 unspecified atom stereocenters. The summed E-state index contributed by atoms with van der Waals surface area (Å²) >= 11 is 2.80. The molecule has 1 atom stereocenters. The Morgan fingerprint density at radius 2 is 2.08 bits per heavy atom. The van der Waals surface area contributed by atoms with Gasteiger partial charge >= 0.3 is 0 Å². The molecular weight excluding hydrogens is 356 g/mol. The third kappa shape index (κ3) is 5.33. The molecule has 3 aromatic rings. The van der Waals surface area contributed by atoms with Gasteiger partial charge in [0.1, 0.15) is 5.76 Å². The standard InChI is InChI=1S/C17H18N4O2S2/c1-12(13-6-3-2-4-7-13)19-15(22)11-24-17-21-20-16(25-17)18-10-14-8-5-9-23-14/h2-9,12H,10-11H2,1H3,(H,18,20)(H,19,22). The maximum atomic E-state index is 12.1. The molecule has 0 aliphatic heterocycles. The number of aromatic nitrogens is 2. The van der Waals surface area contributed by atoms with Crippen molar-refractivity contribution in [2.75, 3.05) is 11.1 Å². The molecule has 0 bridgehead atoms. The fourth-order valence-electron chi connectivity index (χ4n) is 2.15. The van der Waals surface area contributed by atoms with Crippen LogP contribution in [0.2, 0.25) is 0 Å². The van der Waals surface area contributed by atoms with Gasteiger partial charge < -0.3 is 15.1 Å². The van der Waals surface area contributed by atoms with Crippen molar-refractivity contribution in [1.82, 2.24) is 15.5 Å². The monoisotopic (exact) mass is 374 g/mol. The Morgan fingerprint density at radius 1 is 1.24 bits per heavy atom. The number of carbonyl (C=O) groups excluding carboxylic acids is 1. The molecule has 2 N–H and O–H groups in total. The molecule has 6 nitrogen and oxygen atoms in total. The number of benzene rings is 1. The van der Waals surface area contributed by atoms with Gasteiger partial charge in [-0.1, -0.05) is 53.4 Å². The molecule has 0 radical (unpaired) electrons. The van der Waals surface area contributed by atoms with Crippen molar-refractivity contribution in [3.8, 4) is 0 Å². The maximum absolute atomic E-state index is 12.1. The lowest BCUT2D eigenvalue weighted by Gasteiger charge is -2.13. The van der Waals surface area contributed by atoms with E-state index in [2.05, 4.69) is 20.8 Å². The molecule has 130 valence electrons. The van der Waals surface area contributed by atoms with E-state index in [9.17, 15) is 4.79 Å². The van der Waals surface area contributed by atoms with Crippen LogP contribution in [0.3, 0.4) is 0 Å². The van der Waals surface area contributed by atoms with Crippen LogP contribution in [0.25, 0.3) is 0 Å². The lowest BCUT2D eigenvalue weighted by molar-refractivity contribution is -0.119. The van der Waals surface area contributed by atoms with Crippen molar-refractivity contribution in [3.63, 3.8) is 0 Å². The Balaban J connectivity index is 1.43. The highest BCUT2D eigenvalue weighted by Crippen LogP contribution is 2.25. The van der Waals surface area contributed by atoms with Crippen LogP contribution in [-0.4, -0.2) is 21.9 Å². The van der Waals surface area contributed by atoms with E-state index in [1.807, 2.05) is 49.4 Å². The molecular formula is C17H18N4O2S2. The fourth-order valence-corrected chi connectivity index (χ4v) is 3.71. The number of carbonyl (C=O) groups is 1. The summed E-state index contributed by atoms with van der Waals surface area (Å²) in [7, 11) is 0. The van der Waals surface area contributed by atoms with Crippen molar-refractivity contribution < 1.29 is 9.21 Å². The van der Waals surface area contributed by atoms with Crippen LogP contribution in [0.4, 0.5) is 5.13 Å². The summed E-state index contributed by atoms with van der Waals surface area (Å²) in [4.78, 5) is 12.1. The zero-order valence-corrected chi connectivity index (χ0v) is 15.3. The third-order valence-corrected chi connectivity index (χ3v) is 5.42. The first-order valence-electron chi connectivity index (χ1n) is 7.77. The van der Waals surface area contributed by atoms with Crippen molar-refractivity contribution in [3.05, 3.63) is 60.1 Å². The van der Waals surface area contributed by atoms with E-state index >= 15 is 0 Å². The van der Waals surface area contributed by atoms with Gasteiger partial charge in [-0.15, -0.1) is 10.2 Å². The van der Waals surface area contributed by atoms with Gasteiger partial charge in [-0.25, -0.2) is 0 Å². The number of nitrogens with zero attached hydrogens (tertiary/aromatic N) is 2. The molecule has 2 heterocycles. The minimum Gasteiger partial charge on any atom is -0.467 e. The van der Waals surface area contributed by atoms with Crippen LogP contribution >= 0.6 is 23.1 Å². The van der Waals surface area contributed by atoms with E-state index in [-0.39, 0.29) is 11.9 Å². The molecule has 0 fully saturated rings. The summed E-state index contributed by atoms with van der Waals surface area (Å²) in [5.41, 5.74) is 1.08. The summed E-state index contributed by atoms with van der Waals surface area (Å²) in [5, 5.41) is 15.0. The molecule has 25 heavy (non-hydrogen) atoms. The van der Waals surface area contributed by atoms with Gasteiger partial charge in [0.05, 0.1) is 24.6 Å². The average Bonchev–Trinajstić information content (AvgIpc) is 3.30. The predicted octanol–water partition coefficient (Wildman–Crippen LogP) is 3.71. The number of rotatable bonds is 8. The van der Waals surface area contributed by atoms with Crippen LogP contribution in [0.5, 0.6) is 0 Å². The second-order valence-electron chi connectivity index (χ2n) is 5.29.